The van der Waals surface area contributed by atoms with Gasteiger partial charge in [0.25, 0.3) is 30.4 Å². The third-order valence-electron chi connectivity index (χ3n) is 5.13. The van der Waals surface area contributed by atoms with Crippen LogP contribution >= 0.6 is 0 Å². The van der Waals surface area contributed by atoms with Crippen LogP contribution in [0.4, 0.5) is 22.7 Å². The van der Waals surface area contributed by atoms with Gasteiger partial charge in [0.1, 0.15) is 21.2 Å². The van der Waals surface area contributed by atoms with Gasteiger partial charge in [-0.15, -0.1) is 10.2 Å². The zero-order valence-corrected chi connectivity index (χ0v) is 21.6. The second kappa shape index (κ2) is 10.2. The Bertz CT molecular complexity index is 1990. The number of phenols is 1. The molecule has 4 aromatic carbocycles. The number of hydrogen-bond acceptors (Lipinski definition) is 11. The largest absolute Gasteiger partial charge is 0.505 e. The summed E-state index contributed by atoms with van der Waals surface area (Å²) in [4.78, 5) is -1.96. The molecule has 4 N–H and O–H groups in total. The van der Waals surface area contributed by atoms with Gasteiger partial charge < -0.3 is 5.11 Å². The van der Waals surface area contributed by atoms with Crippen molar-refractivity contribution in [3.63, 3.8) is 0 Å². The highest BCUT2D eigenvalue weighted by Gasteiger charge is 2.23. The van der Waals surface area contributed by atoms with Gasteiger partial charge in [0.05, 0.1) is 16.3 Å². The van der Waals surface area contributed by atoms with Gasteiger partial charge in [0.2, 0.25) is 0 Å². The third kappa shape index (κ3) is 6.30. The fraction of sp³-hybridized carbons (Fsp3) is 0. The van der Waals surface area contributed by atoms with E-state index in [1.54, 1.807) is 12.1 Å². The predicted molar refractivity (Wildman–Crippen MR) is 136 cm³/mol. The Kier molecular flexibility index (Phi) is 7.30. The zero-order valence-electron chi connectivity index (χ0n) is 19.2. The predicted octanol–water partition coefficient (Wildman–Crippen LogP) is 5.12. The minimum Gasteiger partial charge on any atom is -0.505 e. The number of rotatable bonds is 7. The van der Waals surface area contributed by atoms with E-state index in [-0.39, 0.29) is 27.0 Å². The van der Waals surface area contributed by atoms with E-state index in [1.807, 2.05) is 0 Å². The lowest BCUT2D eigenvalue weighted by Crippen LogP contribution is -1.99. The molecular weight excluding hydrogens is 576 g/mol. The van der Waals surface area contributed by atoms with Gasteiger partial charge in [-0.25, -0.2) is 0 Å². The van der Waals surface area contributed by atoms with Gasteiger partial charge in [0.15, 0.2) is 5.75 Å². The van der Waals surface area contributed by atoms with Crippen molar-refractivity contribution in [3.05, 3.63) is 72.8 Å². The molecule has 202 valence electrons. The molecule has 17 heteroatoms. The van der Waals surface area contributed by atoms with Crippen molar-refractivity contribution in [3.8, 4) is 5.75 Å². The van der Waals surface area contributed by atoms with Crippen LogP contribution in [0, 0.1) is 0 Å². The molecule has 0 spiro atoms. The quantitative estimate of drug-likeness (QED) is 0.163. The van der Waals surface area contributed by atoms with E-state index in [0.717, 1.165) is 30.3 Å². The number of hydrogen-bond donors (Lipinski definition) is 4. The maximum absolute atomic E-state index is 12.0. The number of benzene rings is 4. The van der Waals surface area contributed by atoms with Crippen molar-refractivity contribution in [1.29, 1.82) is 0 Å². The van der Waals surface area contributed by atoms with Gasteiger partial charge >= 0.3 is 0 Å². The van der Waals surface area contributed by atoms with Crippen molar-refractivity contribution in [2.45, 2.75) is 14.7 Å². The highest BCUT2D eigenvalue weighted by Crippen LogP contribution is 2.42. The number of phenolic OH excluding ortho intramolecular Hbond substituents is 1. The van der Waals surface area contributed by atoms with E-state index >= 15 is 0 Å². The summed E-state index contributed by atoms with van der Waals surface area (Å²) in [5.74, 6) is -0.650. The smallest absolute Gasteiger partial charge is 0.296 e. The molecular formula is C22H16N4O10S3. The molecule has 0 saturated heterocycles. The lowest BCUT2D eigenvalue weighted by molar-refractivity contribution is 0.472. The molecule has 0 atom stereocenters. The summed E-state index contributed by atoms with van der Waals surface area (Å²) in [7, 11) is -14.2. The van der Waals surface area contributed by atoms with E-state index in [4.69, 9.17) is 4.55 Å². The van der Waals surface area contributed by atoms with Crippen molar-refractivity contribution in [2.24, 2.45) is 20.5 Å². The molecule has 4 rings (SSSR count). The first-order chi connectivity index (χ1) is 18.1. The monoisotopic (exact) mass is 592 g/mol. The molecule has 0 unspecified atom stereocenters. The molecule has 0 saturated carbocycles. The summed E-state index contributed by atoms with van der Waals surface area (Å²) in [6, 6.07) is 14.9. The van der Waals surface area contributed by atoms with Crippen LogP contribution in [0.1, 0.15) is 0 Å². The lowest BCUT2D eigenvalue weighted by atomic mass is 10.1. The van der Waals surface area contributed by atoms with Crippen LogP contribution in [0.3, 0.4) is 0 Å². The fourth-order valence-electron chi connectivity index (χ4n) is 3.34. The number of fused-ring (bicyclic) bond motifs is 1. The molecule has 0 amide bonds. The van der Waals surface area contributed by atoms with Crippen LogP contribution in [0.25, 0.3) is 10.8 Å². The SMILES string of the molecule is O=S(=O)(O)c1ccc(N=Nc2ccc(N=Nc3c(S(=O)(=O)O)cc4ccccc4c3O)c(S(=O)(=O)O)c2)cc1. The first kappa shape index (κ1) is 27.9. The minimum atomic E-state index is -4.93. The summed E-state index contributed by atoms with van der Waals surface area (Å²) in [5.41, 5.74) is -1.09. The fourth-order valence-corrected chi connectivity index (χ4v) is 5.12. The number of nitrogens with zero attached hydrogens (tertiary/aromatic N) is 4. The molecule has 0 aliphatic rings. The first-order valence-corrected chi connectivity index (χ1v) is 14.7. The van der Waals surface area contributed by atoms with Gasteiger partial charge in [-0.2, -0.15) is 35.5 Å². The molecule has 14 nitrogen and oxygen atoms in total. The van der Waals surface area contributed by atoms with E-state index < -0.39 is 57.3 Å². The van der Waals surface area contributed by atoms with Crippen LogP contribution in [-0.2, 0) is 30.4 Å². The average Bonchev–Trinajstić information content (AvgIpc) is 2.85. The van der Waals surface area contributed by atoms with E-state index in [1.165, 1.54) is 30.3 Å². The molecule has 4 aromatic rings. The van der Waals surface area contributed by atoms with Gasteiger partial charge in [-0.05, 0) is 53.9 Å². The number of azo groups is 2. The summed E-state index contributed by atoms with van der Waals surface area (Å²) < 4.78 is 98.5. The van der Waals surface area contributed by atoms with Gasteiger partial charge in [-0.3, -0.25) is 13.7 Å². The Morgan fingerprint density at radius 3 is 1.77 bits per heavy atom. The topological polar surface area (TPSA) is 233 Å². The normalized spacial score (nSPS) is 13.0. The molecule has 0 aliphatic carbocycles. The Morgan fingerprint density at radius 1 is 0.564 bits per heavy atom. The van der Waals surface area contributed by atoms with Crippen LogP contribution in [0.5, 0.6) is 5.75 Å². The van der Waals surface area contributed by atoms with E-state index in [0.29, 0.717) is 0 Å². The Balaban J connectivity index is 1.75. The molecule has 0 aliphatic heterocycles. The zero-order chi connectivity index (χ0) is 28.6. The maximum atomic E-state index is 12.0. The molecule has 39 heavy (non-hydrogen) atoms. The van der Waals surface area contributed by atoms with Crippen molar-refractivity contribution >= 4 is 63.9 Å². The molecule has 0 fully saturated rings. The first-order valence-electron chi connectivity index (χ1n) is 10.4. The molecule has 0 radical (unpaired) electrons. The highest BCUT2D eigenvalue weighted by atomic mass is 32.2. The summed E-state index contributed by atoms with van der Waals surface area (Å²) in [6.45, 7) is 0. The van der Waals surface area contributed by atoms with Gasteiger partial charge in [0, 0.05) is 5.39 Å². The second-order valence-electron chi connectivity index (χ2n) is 7.76. The summed E-state index contributed by atoms with van der Waals surface area (Å²) >= 11 is 0. The van der Waals surface area contributed by atoms with Crippen LogP contribution in [-0.4, -0.2) is 44.0 Å². The molecule has 0 aromatic heterocycles. The molecule has 0 heterocycles. The van der Waals surface area contributed by atoms with Crippen LogP contribution in [0.15, 0.2) is 108 Å². The van der Waals surface area contributed by atoms with Crippen molar-refractivity contribution < 1.29 is 44.0 Å². The summed E-state index contributed by atoms with van der Waals surface area (Å²) in [6.07, 6.45) is 0. The second-order valence-corrected chi connectivity index (χ2v) is 12.0. The maximum Gasteiger partial charge on any atom is 0.296 e. The Hall–Kier alpha value is -4.13. The van der Waals surface area contributed by atoms with E-state index in [9.17, 15) is 39.5 Å². The Morgan fingerprint density at radius 2 is 1.15 bits per heavy atom. The van der Waals surface area contributed by atoms with E-state index in [2.05, 4.69) is 20.5 Å². The lowest BCUT2D eigenvalue weighted by Gasteiger charge is -2.09. The third-order valence-corrected chi connectivity index (χ3v) is 7.75. The standard InChI is InChI=1S/C22H16N4O10S3/c27-22-17-4-2-1-3-13(17)11-20(39(34,35)36)21(22)26-25-18-10-7-15(12-19(18)38(31,32)33)24-23-14-5-8-16(9-6-14)37(28,29)30/h1-12,27H,(H,28,29,30)(H,31,32,33)(H,34,35,36). The Labute approximate surface area is 221 Å². The van der Waals surface area contributed by atoms with Crippen LogP contribution in [0.2, 0.25) is 0 Å². The van der Waals surface area contributed by atoms with Crippen molar-refractivity contribution in [2.75, 3.05) is 0 Å². The van der Waals surface area contributed by atoms with Gasteiger partial charge in [-0.1, -0.05) is 24.3 Å². The number of aromatic hydroxyl groups is 1. The summed E-state index contributed by atoms with van der Waals surface area (Å²) in [5, 5.41) is 26.0. The average molecular weight is 593 g/mol. The van der Waals surface area contributed by atoms with Crippen LogP contribution < -0.4 is 0 Å². The molecule has 0 bridgehead atoms. The highest BCUT2D eigenvalue weighted by molar-refractivity contribution is 7.86. The minimum absolute atomic E-state index is 0.0902. The van der Waals surface area contributed by atoms with Crippen molar-refractivity contribution in [1.82, 2.24) is 0 Å².